The molecule has 1 aromatic carbocycles. The fourth-order valence-corrected chi connectivity index (χ4v) is 2.14. The van der Waals surface area contributed by atoms with Crippen molar-refractivity contribution in [3.63, 3.8) is 0 Å². The van der Waals surface area contributed by atoms with Crippen LogP contribution in [0.1, 0.15) is 6.42 Å². The Morgan fingerprint density at radius 2 is 2.05 bits per heavy atom. The molecule has 1 fully saturated rings. The maximum absolute atomic E-state index is 11.1. The number of aliphatic hydroxyl groups excluding tert-OH is 1. The molecule has 20 heavy (non-hydrogen) atoms. The number of benzene rings is 1. The summed E-state index contributed by atoms with van der Waals surface area (Å²) < 4.78 is 0. The summed E-state index contributed by atoms with van der Waals surface area (Å²) in [5.41, 5.74) is 2.07. The molecule has 0 aromatic heterocycles. The van der Waals surface area contributed by atoms with Crippen LogP contribution in [-0.2, 0) is 9.59 Å². The molecule has 1 saturated heterocycles. The molecule has 0 spiro atoms. The van der Waals surface area contributed by atoms with Crippen molar-refractivity contribution in [1.29, 1.82) is 0 Å². The number of aliphatic hydroxyl groups is 1. The van der Waals surface area contributed by atoms with Crippen molar-refractivity contribution >= 4 is 23.7 Å². The number of hydrogen-bond donors (Lipinski definition) is 3. The highest BCUT2D eigenvalue weighted by atomic mass is 16.3. The van der Waals surface area contributed by atoms with Gasteiger partial charge in [-0.1, -0.05) is 0 Å². The average Bonchev–Trinajstić information content (AvgIpc) is 2.40. The normalized spacial score (nSPS) is 14.6. The maximum atomic E-state index is 11.1. The molecular weight excluding hydrogens is 258 g/mol. The van der Waals surface area contributed by atoms with Crippen LogP contribution in [0.2, 0.25) is 0 Å². The molecule has 3 N–H and O–H groups in total. The maximum Gasteiger partial charge on any atom is 0.228 e. The minimum atomic E-state index is -0.292. The molecular formula is C14H19N3O3. The van der Waals surface area contributed by atoms with Gasteiger partial charge in [0.1, 0.15) is 0 Å². The van der Waals surface area contributed by atoms with Crippen molar-refractivity contribution in [3.8, 4) is 0 Å². The van der Waals surface area contributed by atoms with Crippen molar-refractivity contribution in [2.75, 3.05) is 36.5 Å². The largest absolute Gasteiger partial charge is 0.396 e. The van der Waals surface area contributed by atoms with Crippen LogP contribution >= 0.6 is 0 Å². The lowest BCUT2D eigenvalue weighted by atomic mass is 10.0. The lowest BCUT2D eigenvalue weighted by Crippen LogP contribution is -2.48. The lowest BCUT2D eigenvalue weighted by Gasteiger charge is -2.40. The molecule has 6 nitrogen and oxygen atoms in total. The van der Waals surface area contributed by atoms with Crippen LogP contribution in [0.15, 0.2) is 24.3 Å². The van der Waals surface area contributed by atoms with Gasteiger partial charge in [0.05, 0.1) is 0 Å². The molecule has 0 bridgehead atoms. The third kappa shape index (κ3) is 3.71. The Morgan fingerprint density at radius 1 is 1.35 bits per heavy atom. The van der Waals surface area contributed by atoms with Gasteiger partial charge in [-0.3, -0.25) is 14.9 Å². The van der Waals surface area contributed by atoms with E-state index >= 15 is 0 Å². The third-order valence-corrected chi connectivity index (χ3v) is 3.35. The van der Waals surface area contributed by atoms with E-state index in [-0.39, 0.29) is 18.9 Å². The quantitative estimate of drug-likeness (QED) is 0.620. The number of amides is 2. The number of rotatable bonds is 7. The Hall–Kier alpha value is -2.08. The number of nitrogens with one attached hydrogen (secondary N) is 2. The van der Waals surface area contributed by atoms with Crippen LogP contribution in [0.4, 0.5) is 11.4 Å². The second kappa shape index (κ2) is 6.91. The second-order valence-corrected chi connectivity index (χ2v) is 4.86. The number of imide groups is 1. The Morgan fingerprint density at radius 3 is 2.65 bits per heavy atom. The molecule has 6 heteroatoms. The van der Waals surface area contributed by atoms with Crippen LogP contribution in [0.5, 0.6) is 0 Å². The van der Waals surface area contributed by atoms with E-state index in [1.165, 1.54) is 0 Å². The first kappa shape index (κ1) is 14.3. The Labute approximate surface area is 117 Å². The van der Waals surface area contributed by atoms with E-state index in [4.69, 9.17) is 5.11 Å². The molecule has 0 radical (unpaired) electrons. The minimum Gasteiger partial charge on any atom is -0.396 e. The van der Waals surface area contributed by atoms with Crippen molar-refractivity contribution in [1.82, 2.24) is 5.32 Å². The number of nitrogens with zero attached hydrogens (tertiary/aromatic N) is 1. The van der Waals surface area contributed by atoms with Gasteiger partial charge in [0, 0.05) is 50.0 Å². The highest BCUT2D eigenvalue weighted by Crippen LogP contribution is 2.25. The predicted molar refractivity (Wildman–Crippen MR) is 76.5 cm³/mol. The summed E-state index contributed by atoms with van der Waals surface area (Å²) in [6.07, 6.45) is 0.647. The number of carbonyl (C=O) groups is 2. The Kier molecular flexibility index (Phi) is 4.95. The molecule has 1 heterocycles. The summed E-state index contributed by atoms with van der Waals surface area (Å²) >= 11 is 0. The number of hydrogen-bond acceptors (Lipinski definition) is 5. The fourth-order valence-electron chi connectivity index (χ4n) is 2.14. The van der Waals surface area contributed by atoms with Crippen molar-refractivity contribution in [2.45, 2.75) is 6.42 Å². The molecule has 0 unspecified atom stereocenters. The monoisotopic (exact) mass is 277 g/mol. The zero-order chi connectivity index (χ0) is 14.4. The minimum absolute atomic E-state index is 0.249. The van der Waals surface area contributed by atoms with Gasteiger partial charge in [-0.25, -0.2) is 0 Å². The summed E-state index contributed by atoms with van der Waals surface area (Å²) in [5.74, 6) is 0.101. The van der Waals surface area contributed by atoms with E-state index in [1.807, 2.05) is 24.3 Å². The highest BCUT2D eigenvalue weighted by Gasteiger charge is 2.25. The van der Waals surface area contributed by atoms with Gasteiger partial charge in [0.2, 0.25) is 12.3 Å². The Bertz CT molecular complexity index is 455. The molecule has 108 valence electrons. The first-order valence-electron chi connectivity index (χ1n) is 6.65. The number of anilines is 2. The van der Waals surface area contributed by atoms with Crippen molar-refractivity contribution in [3.05, 3.63) is 24.3 Å². The van der Waals surface area contributed by atoms with Crippen molar-refractivity contribution in [2.24, 2.45) is 5.92 Å². The zero-order valence-electron chi connectivity index (χ0n) is 11.2. The molecule has 1 aromatic rings. The topological polar surface area (TPSA) is 81.7 Å². The second-order valence-electron chi connectivity index (χ2n) is 4.86. The summed E-state index contributed by atoms with van der Waals surface area (Å²) in [6, 6.07) is 7.95. The van der Waals surface area contributed by atoms with Crippen LogP contribution in [-0.4, -0.2) is 43.7 Å². The summed E-state index contributed by atoms with van der Waals surface area (Å²) in [7, 11) is 0. The van der Waals surface area contributed by atoms with E-state index < -0.39 is 0 Å². The first-order chi connectivity index (χ1) is 9.72. The molecule has 1 aliphatic rings. The van der Waals surface area contributed by atoms with Crippen LogP contribution in [0, 0.1) is 5.92 Å². The molecule has 1 aliphatic heterocycles. The van der Waals surface area contributed by atoms with Gasteiger partial charge in [0.25, 0.3) is 0 Å². The first-order valence-corrected chi connectivity index (χ1v) is 6.65. The molecule has 0 aliphatic carbocycles. The van der Waals surface area contributed by atoms with Gasteiger partial charge in [-0.15, -0.1) is 0 Å². The van der Waals surface area contributed by atoms with Crippen LogP contribution in [0.3, 0.4) is 0 Å². The van der Waals surface area contributed by atoms with E-state index in [9.17, 15) is 9.59 Å². The molecule has 2 rings (SSSR count). The average molecular weight is 277 g/mol. The van der Waals surface area contributed by atoms with Gasteiger partial charge < -0.3 is 15.3 Å². The van der Waals surface area contributed by atoms with Gasteiger partial charge >= 0.3 is 0 Å². The van der Waals surface area contributed by atoms with Gasteiger partial charge in [-0.2, -0.15) is 0 Å². The standard InChI is InChI=1S/C14H19N3O3/c18-9-11-7-17(8-11)13-3-1-12(2-4-13)15-6-5-14(20)16-10-19/h1-4,10-11,15,18H,5-9H2,(H,16,19,20). The van der Waals surface area contributed by atoms with E-state index in [1.54, 1.807) is 0 Å². The predicted octanol–water partition coefficient (Wildman–Crippen LogP) is 0.190. The zero-order valence-corrected chi connectivity index (χ0v) is 11.2. The summed E-state index contributed by atoms with van der Waals surface area (Å²) in [4.78, 5) is 23.3. The lowest BCUT2D eigenvalue weighted by molar-refractivity contribution is -0.125. The van der Waals surface area contributed by atoms with Crippen LogP contribution in [0.25, 0.3) is 0 Å². The third-order valence-electron chi connectivity index (χ3n) is 3.35. The van der Waals surface area contributed by atoms with Crippen molar-refractivity contribution < 1.29 is 14.7 Å². The van der Waals surface area contributed by atoms with Gasteiger partial charge in [0.15, 0.2) is 0 Å². The molecule has 0 saturated carbocycles. The molecule has 0 atom stereocenters. The highest BCUT2D eigenvalue weighted by molar-refractivity contribution is 5.86. The van der Waals surface area contributed by atoms with E-state index in [0.29, 0.717) is 18.9 Å². The van der Waals surface area contributed by atoms with Gasteiger partial charge in [-0.05, 0) is 24.3 Å². The number of carbonyl (C=O) groups excluding carboxylic acids is 2. The fraction of sp³-hybridized carbons (Fsp3) is 0.429. The summed E-state index contributed by atoms with van der Waals surface area (Å²) in [5, 5.41) is 14.2. The SMILES string of the molecule is O=CNC(=O)CCNc1ccc(N2CC(CO)C2)cc1. The summed E-state index contributed by atoms with van der Waals surface area (Å²) in [6.45, 7) is 2.53. The van der Waals surface area contributed by atoms with E-state index in [0.717, 1.165) is 24.5 Å². The van der Waals surface area contributed by atoms with E-state index in [2.05, 4.69) is 15.5 Å². The Balaban J connectivity index is 1.74. The molecule has 2 amide bonds. The van der Waals surface area contributed by atoms with Crippen LogP contribution < -0.4 is 15.5 Å². The smallest absolute Gasteiger partial charge is 0.228 e.